The van der Waals surface area contributed by atoms with Gasteiger partial charge in [0, 0.05) is 12.5 Å². The van der Waals surface area contributed by atoms with Crippen molar-refractivity contribution in [2.45, 2.75) is 110 Å². The van der Waals surface area contributed by atoms with E-state index in [1.165, 1.54) is 57.8 Å². The fourth-order valence-electron chi connectivity index (χ4n) is 9.89. The Morgan fingerprint density at radius 2 is 1.80 bits per heavy atom. The molecule has 0 aromatic rings. The lowest BCUT2D eigenvalue weighted by molar-refractivity contribution is -0.157. The average molecular weight is 414 g/mol. The molecule has 0 spiro atoms. The van der Waals surface area contributed by atoms with Gasteiger partial charge in [-0.3, -0.25) is 4.84 Å². The third-order valence-corrected chi connectivity index (χ3v) is 11.5. The van der Waals surface area contributed by atoms with Crippen molar-refractivity contribution in [3.8, 4) is 0 Å². The SMILES string of the molecule is CC(C)CCC[C@@H](C)[C@H]1CC[C@H]2[C@@H]3CC[C@@]45C=CC[C@@H](ON4C)[C@]5(C)[C@H]3CC[C@]12C. The van der Waals surface area contributed by atoms with Gasteiger partial charge >= 0.3 is 0 Å². The topological polar surface area (TPSA) is 12.5 Å². The standard InChI is InChI=1S/C28H47NO/c1-19(2)9-7-10-20(3)22-12-13-23-21-14-18-28-16-8-11-25(30-29(28)6)27(28,5)24(21)15-17-26(22,23)4/h8,16,19-25H,7,9-15,17-18H2,1-6H3/t20-,21+,22-,23+,24+,25-,26-,27+,28-/m1/s1. The lowest BCUT2D eigenvalue weighted by Gasteiger charge is -2.62. The first kappa shape index (κ1) is 21.5. The zero-order valence-electron chi connectivity index (χ0n) is 20.6. The summed E-state index contributed by atoms with van der Waals surface area (Å²) in [6.45, 7) is 12.7. The minimum absolute atomic E-state index is 0.160. The van der Waals surface area contributed by atoms with Gasteiger partial charge in [0.05, 0.1) is 11.6 Å². The van der Waals surface area contributed by atoms with E-state index in [1.807, 2.05) is 0 Å². The average Bonchev–Trinajstić information content (AvgIpc) is 3.07. The van der Waals surface area contributed by atoms with Crippen LogP contribution in [0.5, 0.6) is 0 Å². The van der Waals surface area contributed by atoms with Crippen LogP contribution in [0.4, 0.5) is 0 Å². The van der Waals surface area contributed by atoms with Crippen LogP contribution in [0, 0.1) is 46.3 Å². The highest BCUT2D eigenvalue weighted by atomic mass is 16.7. The summed E-state index contributed by atoms with van der Waals surface area (Å²) in [5, 5.41) is 2.28. The molecular weight excluding hydrogens is 366 g/mol. The molecule has 1 heterocycles. The maximum Gasteiger partial charge on any atom is 0.0905 e. The summed E-state index contributed by atoms with van der Waals surface area (Å²) in [4.78, 5) is 6.51. The Kier molecular flexibility index (Phi) is 5.26. The van der Waals surface area contributed by atoms with Crippen molar-refractivity contribution >= 4 is 0 Å². The van der Waals surface area contributed by atoms with Crippen molar-refractivity contribution in [1.82, 2.24) is 5.06 Å². The van der Waals surface area contributed by atoms with Gasteiger partial charge in [0.25, 0.3) is 0 Å². The van der Waals surface area contributed by atoms with Gasteiger partial charge in [-0.2, -0.15) is 5.06 Å². The quantitative estimate of drug-likeness (QED) is 0.440. The monoisotopic (exact) mass is 413 g/mol. The molecule has 3 saturated carbocycles. The van der Waals surface area contributed by atoms with Crippen molar-refractivity contribution in [2.75, 3.05) is 7.05 Å². The molecule has 170 valence electrons. The third kappa shape index (κ3) is 2.74. The minimum atomic E-state index is 0.160. The molecule has 4 fully saturated rings. The van der Waals surface area contributed by atoms with E-state index in [0.29, 0.717) is 16.9 Å². The van der Waals surface area contributed by atoms with Crippen LogP contribution >= 0.6 is 0 Å². The Bertz CT molecular complexity index is 686. The van der Waals surface area contributed by atoms with E-state index < -0.39 is 0 Å². The summed E-state index contributed by atoms with van der Waals surface area (Å²) in [6.07, 6.45) is 19.4. The van der Waals surface area contributed by atoms with Gasteiger partial charge in [-0.1, -0.05) is 66.0 Å². The van der Waals surface area contributed by atoms with Crippen LogP contribution in [0.15, 0.2) is 12.2 Å². The molecule has 0 unspecified atom stereocenters. The zero-order chi connectivity index (χ0) is 21.3. The Balaban J connectivity index is 1.36. The number of rotatable bonds is 5. The van der Waals surface area contributed by atoms with Crippen LogP contribution in [-0.2, 0) is 4.84 Å². The van der Waals surface area contributed by atoms with E-state index in [2.05, 4.69) is 58.9 Å². The van der Waals surface area contributed by atoms with Crippen molar-refractivity contribution in [1.29, 1.82) is 0 Å². The third-order valence-electron chi connectivity index (χ3n) is 11.5. The molecule has 0 aromatic carbocycles. The molecule has 30 heavy (non-hydrogen) atoms. The van der Waals surface area contributed by atoms with Gasteiger partial charge in [0.15, 0.2) is 0 Å². The van der Waals surface area contributed by atoms with Crippen LogP contribution in [-0.4, -0.2) is 23.8 Å². The fraction of sp³-hybridized carbons (Fsp3) is 0.929. The molecule has 5 rings (SSSR count). The summed E-state index contributed by atoms with van der Waals surface area (Å²) in [6, 6.07) is 0. The predicted molar refractivity (Wildman–Crippen MR) is 125 cm³/mol. The predicted octanol–water partition coefficient (Wildman–Crippen LogP) is 7.25. The second kappa shape index (κ2) is 7.34. The van der Waals surface area contributed by atoms with E-state index in [4.69, 9.17) is 4.84 Å². The van der Waals surface area contributed by atoms with E-state index in [0.717, 1.165) is 41.9 Å². The molecule has 5 aliphatic rings. The van der Waals surface area contributed by atoms with Crippen molar-refractivity contribution in [3.05, 3.63) is 12.2 Å². The maximum atomic E-state index is 6.51. The van der Waals surface area contributed by atoms with E-state index in [9.17, 15) is 0 Å². The fourth-order valence-corrected chi connectivity index (χ4v) is 9.89. The minimum Gasteiger partial charge on any atom is -0.294 e. The molecule has 0 N–H and O–H groups in total. The van der Waals surface area contributed by atoms with Crippen molar-refractivity contribution in [3.63, 3.8) is 0 Å². The highest BCUT2D eigenvalue weighted by molar-refractivity contribution is 5.28. The number of hydrogen-bond acceptors (Lipinski definition) is 2. The molecule has 1 aliphatic heterocycles. The summed E-state index contributed by atoms with van der Waals surface area (Å²) < 4.78 is 0. The van der Waals surface area contributed by atoms with E-state index in [-0.39, 0.29) is 5.54 Å². The zero-order valence-corrected chi connectivity index (χ0v) is 20.6. The van der Waals surface area contributed by atoms with Crippen LogP contribution < -0.4 is 0 Å². The van der Waals surface area contributed by atoms with Crippen LogP contribution in [0.25, 0.3) is 0 Å². The van der Waals surface area contributed by atoms with Gasteiger partial charge < -0.3 is 0 Å². The number of fused-ring (bicyclic) bond motifs is 3. The summed E-state index contributed by atoms with van der Waals surface area (Å²) >= 11 is 0. The van der Waals surface area contributed by atoms with Crippen LogP contribution in [0.1, 0.15) is 98.8 Å². The molecule has 0 aromatic heterocycles. The number of nitrogens with zero attached hydrogens (tertiary/aromatic N) is 1. The molecule has 9 atom stereocenters. The molecule has 2 heteroatoms. The Morgan fingerprint density at radius 1 is 1.00 bits per heavy atom. The maximum absolute atomic E-state index is 6.51. The number of hydroxylamine groups is 2. The van der Waals surface area contributed by atoms with Gasteiger partial charge in [-0.25, -0.2) is 0 Å². The second-order valence-electron chi connectivity index (χ2n) is 12.9. The lowest BCUT2D eigenvalue weighted by Crippen LogP contribution is -2.63. The molecule has 2 bridgehead atoms. The Labute approximate surface area is 186 Å². The Morgan fingerprint density at radius 3 is 2.57 bits per heavy atom. The van der Waals surface area contributed by atoms with E-state index >= 15 is 0 Å². The highest BCUT2D eigenvalue weighted by Gasteiger charge is 2.70. The largest absolute Gasteiger partial charge is 0.294 e. The smallest absolute Gasteiger partial charge is 0.0905 e. The molecule has 1 saturated heterocycles. The molecule has 4 aliphatic carbocycles. The van der Waals surface area contributed by atoms with Gasteiger partial charge in [-0.15, -0.1) is 0 Å². The van der Waals surface area contributed by atoms with Gasteiger partial charge in [0.2, 0.25) is 0 Å². The number of hydrogen-bond donors (Lipinski definition) is 0. The summed E-state index contributed by atoms with van der Waals surface area (Å²) in [5.74, 6) is 5.46. The highest BCUT2D eigenvalue weighted by Crippen LogP contribution is 2.71. The molecule has 2 nitrogen and oxygen atoms in total. The number of likely N-dealkylation sites (N-methyl/N-ethyl adjacent to an activating group) is 1. The van der Waals surface area contributed by atoms with Crippen LogP contribution in [0.2, 0.25) is 0 Å². The molecule has 0 radical (unpaired) electrons. The first-order valence-corrected chi connectivity index (χ1v) is 13.3. The summed E-state index contributed by atoms with van der Waals surface area (Å²) in [5.41, 5.74) is 1.06. The second-order valence-corrected chi connectivity index (χ2v) is 12.9. The Hall–Kier alpha value is -0.340. The van der Waals surface area contributed by atoms with Crippen molar-refractivity contribution < 1.29 is 4.84 Å². The van der Waals surface area contributed by atoms with E-state index in [1.54, 1.807) is 0 Å². The normalized spacial score (nSPS) is 51.0. The van der Waals surface area contributed by atoms with Gasteiger partial charge in [0.1, 0.15) is 0 Å². The summed E-state index contributed by atoms with van der Waals surface area (Å²) in [7, 11) is 2.21. The van der Waals surface area contributed by atoms with Crippen LogP contribution in [0.3, 0.4) is 0 Å². The van der Waals surface area contributed by atoms with Crippen molar-refractivity contribution in [2.24, 2.45) is 46.3 Å². The van der Waals surface area contributed by atoms with Gasteiger partial charge in [-0.05, 0) is 85.9 Å². The first-order chi connectivity index (χ1) is 14.2. The lowest BCUT2D eigenvalue weighted by atomic mass is 9.43. The molecule has 0 amide bonds. The molecular formula is C28H47NO. The first-order valence-electron chi connectivity index (χ1n) is 13.3.